The molecule has 0 atom stereocenters. The highest BCUT2D eigenvalue weighted by atomic mass is 19.4. The van der Waals surface area contributed by atoms with Crippen molar-refractivity contribution in [3.05, 3.63) is 54.6 Å². The molecule has 2 rings (SSSR count). The molecule has 1 N–H and O–H groups in total. The van der Waals surface area contributed by atoms with Crippen LogP contribution in [0.1, 0.15) is 0 Å². The summed E-state index contributed by atoms with van der Waals surface area (Å²) in [7, 11) is 1.00. The van der Waals surface area contributed by atoms with Gasteiger partial charge < -0.3 is 9.84 Å². The van der Waals surface area contributed by atoms with Crippen molar-refractivity contribution in [3.63, 3.8) is 0 Å². The summed E-state index contributed by atoms with van der Waals surface area (Å²) in [5.74, 6) is -0.189. The number of aliphatic hydroxyl groups is 1. The van der Waals surface area contributed by atoms with E-state index in [1.54, 1.807) is 42.5 Å². The second-order valence-electron chi connectivity index (χ2n) is 3.41. The topological polar surface area (TPSA) is 29.5 Å². The van der Waals surface area contributed by atoms with Crippen LogP contribution in [0.25, 0.3) is 11.1 Å². The van der Waals surface area contributed by atoms with Gasteiger partial charge in [-0.3, -0.25) is 0 Å². The third-order valence-corrected chi connectivity index (χ3v) is 2.20. The Morgan fingerprint density at radius 1 is 0.842 bits per heavy atom. The van der Waals surface area contributed by atoms with E-state index in [1.807, 2.05) is 0 Å². The van der Waals surface area contributed by atoms with Gasteiger partial charge in [-0.25, -0.2) is 0 Å². The summed E-state index contributed by atoms with van der Waals surface area (Å²) in [5.41, 5.74) is 1.11. The second-order valence-corrected chi connectivity index (χ2v) is 3.41. The lowest BCUT2D eigenvalue weighted by Gasteiger charge is -2.13. The van der Waals surface area contributed by atoms with Crippen molar-refractivity contribution in [2.24, 2.45) is 0 Å². The predicted octanol–water partition coefficient (Wildman–Crippen LogP) is 3.86. The van der Waals surface area contributed by atoms with Crippen molar-refractivity contribution in [1.29, 1.82) is 0 Å². The molecule has 0 aliphatic heterocycles. The standard InChI is InChI=1S/C13H9F3O.CH4O/c14-13(15,16)17-12-9-5-4-8-11(12)10-6-2-1-3-7-10;1-2/h1-9H;2H,1H3. The summed E-state index contributed by atoms with van der Waals surface area (Å²) in [6, 6.07) is 14.9. The van der Waals surface area contributed by atoms with E-state index in [0.29, 0.717) is 11.1 Å². The monoisotopic (exact) mass is 270 g/mol. The fourth-order valence-corrected chi connectivity index (χ4v) is 1.54. The lowest BCUT2D eigenvalue weighted by Crippen LogP contribution is -2.17. The largest absolute Gasteiger partial charge is 0.573 e. The van der Waals surface area contributed by atoms with Gasteiger partial charge in [0.05, 0.1) is 0 Å². The molecule has 2 aromatic rings. The first-order valence-corrected chi connectivity index (χ1v) is 5.41. The highest BCUT2D eigenvalue weighted by molar-refractivity contribution is 5.70. The van der Waals surface area contributed by atoms with Gasteiger partial charge >= 0.3 is 6.36 Å². The number of alkyl halides is 3. The molecule has 2 aromatic carbocycles. The van der Waals surface area contributed by atoms with E-state index in [1.165, 1.54) is 12.1 Å². The molecule has 0 fully saturated rings. The van der Waals surface area contributed by atoms with Gasteiger partial charge in [-0.05, 0) is 11.6 Å². The number of hydrogen-bond acceptors (Lipinski definition) is 2. The van der Waals surface area contributed by atoms with Crippen molar-refractivity contribution in [1.82, 2.24) is 0 Å². The Labute approximate surface area is 109 Å². The lowest BCUT2D eigenvalue weighted by molar-refractivity contribution is -0.274. The van der Waals surface area contributed by atoms with Gasteiger partial charge in [0.1, 0.15) is 5.75 Å². The minimum absolute atomic E-state index is 0.189. The first kappa shape index (κ1) is 15.0. The third-order valence-electron chi connectivity index (χ3n) is 2.20. The highest BCUT2D eigenvalue weighted by Crippen LogP contribution is 2.33. The number of halogens is 3. The van der Waals surface area contributed by atoms with E-state index in [9.17, 15) is 13.2 Å². The van der Waals surface area contributed by atoms with Crippen LogP contribution >= 0.6 is 0 Å². The van der Waals surface area contributed by atoms with E-state index < -0.39 is 6.36 Å². The van der Waals surface area contributed by atoms with Gasteiger partial charge in [-0.2, -0.15) is 0 Å². The molecule has 0 saturated heterocycles. The fourth-order valence-electron chi connectivity index (χ4n) is 1.54. The number of benzene rings is 2. The van der Waals surface area contributed by atoms with Crippen LogP contribution in [0.5, 0.6) is 5.75 Å². The summed E-state index contributed by atoms with van der Waals surface area (Å²) in [5, 5.41) is 7.00. The minimum atomic E-state index is -4.68. The fraction of sp³-hybridized carbons (Fsp3) is 0.143. The van der Waals surface area contributed by atoms with E-state index in [-0.39, 0.29) is 5.75 Å². The number of ether oxygens (including phenoxy) is 1. The zero-order chi connectivity index (χ0) is 14.3. The quantitative estimate of drug-likeness (QED) is 0.897. The summed E-state index contributed by atoms with van der Waals surface area (Å²) in [6.45, 7) is 0. The van der Waals surface area contributed by atoms with Crippen molar-refractivity contribution < 1.29 is 23.0 Å². The molecule has 0 heterocycles. The van der Waals surface area contributed by atoms with Crippen LogP contribution in [-0.2, 0) is 0 Å². The number of rotatable bonds is 2. The van der Waals surface area contributed by atoms with Crippen molar-refractivity contribution in [2.45, 2.75) is 6.36 Å². The van der Waals surface area contributed by atoms with Gasteiger partial charge in [0.15, 0.2) is 0 Å². The van der Waals surface area contributed by atoms with E-state index in [0.717, 1.165) is 7.11 Å². The van der Waals surface area contributed by atoms with E-state index in [2.05, 4.69) is 4.74 Å². The Kier molecular flexibility index (Phi) is 5.38. The molecule has 0 saturated carbocycles. The zero-order valence-electron chi connectivity index (χ0n) is 10.2. The van der Waals surface area contributed by atoms with Gasteiger partial charge in [0.25, 0.3) is 0 Å². The summed E-state index contributed by atoms with van der Waals surface area (Å²) in [6.07, 6.45) is -4.68. The zero-order valence-corrected chi connectivity index (χ0v) is 10.2. The van der Waals surface area contributed by atoms with E-state index >= 15 is 0 Å². The van der Waals surface area contributed by atoms with Crippen molar-refractivity contribution in [2.75, 3.05) is 7.11 Å². The lowest BCUT2D eigenvalue weighted by atomic mass is 10.1. The maximum absolute atomic E-state index is 12.2. The summed E-state index contributed by atoms with van der Waals surface area (Å²) >= 11 is 0. The molecule has 102 valence electrons. The molecule has 0 spiro atoms. The van der Waals surface area contributed by atoms with Gasteiger partial charge in [0.2, 0.25) is 0 Å². The van der Waals surface area contributed by atoms with Crippen LogP contribution in [0.2, 0.25) is 0 Å². The Morgan fingerprint density at radius 3 is 1.95 bits per heavy atom. The minimum Gasteiger partial charge on any atom is -0.405 e. The molecule has 0 aliphatic rings. The smallest absolute Gasteiger partial charge is 0.405 e. The molecule has 19 heavy (non-hydrogen) atoms. The maximum Gasteiger partial charge on any atom is 0.573 e. The number of aliphatic hydroxyl groups excluding tert-OH is 1. The Bertz CT molecular complexity index is 496. The molecule has 5 heteroatoms. The Balaban J connectivity index is 0.000000861. The average Bonchev–Trinajstić information content (AvgIpc) is 2.41. The molecule has 2 nitrogen and oxygen atoms in total. The van der Waals surface area contributed by atoms with Crippen LogP contribution in [0.3, 0.4) is 0 Å². The van der Waals surface area contributed by atoms with Gasteiger partial charge in [-0.1, -0.05) is 48.5 Å². The molecule has 0 aliphatic carbocycles. The number of para-hydroxylation sites is 1. The molecule has 0 bridgehead atoms. The molecule has 0 unspecified atom stereocenters. The molecule has 0 aromatic heterocycles. The van der Waals surface area contributed by atoms with Crippen molar-refractivity contribution >= 4 is 0 Å². The normalized spacial score (nSPS) is 10.4. The first-order valence-electron chi connectivity index (χ1n) is 5.41. The van der Waals surface area contributed by atoms with E-state index in [4.69, 9.17) is 5.11 Å². The Morgan fingerprint density at radius 2 is 1.37 bits per heavy atom. The maximum atomic E-state index is 12.2. The molecule has 0 radical (unpaired) electrons. The summed E-state index contributed by atoms with van der Waals surface area (Å²) < 4.78 is 40.6. The Hall–Kier alpha value is -2.01. The van der Waals surface area contributed by atoms with Gasteiger partial charge in [-0.15, -0.1) is 13.2 Å². The van der Waals surface area contributed by atoms with Crippen LogP contribution in [0, 0.1) is 0 Å². The first-order chi connectivity index (χ1) is 9.06. The van der Waals surface area contributed by atoms with Gasteiger partial charge in [0, 0.05) is 12.7 Å². The van der Waals surface area contributed by atoms with Crippen LogP contribution in [0.4, 0.5) is 13.2 Å². The average molecular weight is 270 g/mol. The summed E-state index contributed by atoms with van der Waals surface area (Å²) in [4.78, 5) is 0. The van der Waals surface area contributed by atoms with Crippen LogP contribution in [0.15, 0.2) is 54.6 Å². The SMILES string of the molecule is CO.FC(F)(F)Oc1ccccc1-c1ccccc1. The molecular formula is C14H13F3O2. The molecular weight excluding hydrogens is 257 g/mol. The van der Waals surface area contributed by atoms with Crippen LogP contribution in [-0.4, -0.2) is 18.6 Å². The predicted molar refractivity (Wildman–Crippen MR) is 66.7 cm³/mol. The molecule has 0 amide bonds. The highest BCUT2D eigenvalue weighted by Gasteiger charge is 2.32. The third kappa shape index (κ3) is 4.63. The second kappa shape index (κ2) is 6.80. The van der Waals surface area contributed by atoms with Crippen molar-refractivity contribution in [3.8, 4) is 16.9 Å². The van der Waals surface area contributed by atoms with Crippen LogP contribution < -0.4 is 4.74 Å². The number of hydrogen-bond donors (Lipinski definition) is 1.